The van der Waals surface area contributed by atoms with Crippen molar-refractivity contribution in [1.82, 2.24) is 29.9 Å². The lowest BCUT2D eigenvalue weighted by Crippen LogP contribution is -2.41. The highest BCUT2D eigenvalue weighted by Gasteiger charge is 2.24. The molecule has 0 unspecified atom stereocenters. The SMILES string of the molecule is CC(C)c1nc2n(n1)C[C@@H](NC(=O)c1cnn(C(C)C)c1)CC2. The lowest BCUT2D eigenvalue weighted by atomic mass is 10.1. The normalized spacial score (nSPS) is 17.6. The van der Waals surface area contributed by atoms with Crippen LogP contribution in [0, 0.1) is 0 Å². The Morgan fingerprint density at radius 2 is 2.13 bits per heavy atom. The summed E-state index contributed by atoms with van der Waals surface area (Å²) in [6.45, 7) is 8.93. The number of nitrogens with zero attached hydrogens (tertiary/aromatic N) is 5. The van der Waals surface area contributed by atoms with Crippen LogP contribution >= 0.6 is 0 Å². The summed E-state index contributed by atoms with van der Waals surface area (Å²) in [5, 5.41) is 11.8. The average molecular weight is 316 g/mol. The molecule has 23 heavy (non-hydrogen) atoms. The number of fused-ring (bicyclic) bond motifs is 1. The first-order valence-corrected chi connectivity index (χ1v) is 8.22. The Morgan fingerprint density at radius 3 is 2.78 bits per heavy atom. The summed E-state index contributed by atoms with van der Waals surface area (Å²) in [6.07, 6.45) is 5.15. The van der Waals surface area contributed by atoms with Gasteiger partial charge < -0.3 is 5.32 Å². The van der Waals surface area contributed by atoms with E-state index in [4.69, 9.17) is 0 Å². The minimum atomic E-state index is -0.0745. The molecule has 1 atom stereocenters. The minimum Gasteiger partial charge on any atom is -0.347 e. The van der Waals surface area contributed by atoms with E-state index in [1.807, 2.05) is 18.5 Å². The number of rotatable bonds is 4. The number of amides is 1. The zero-order valence-corrected chi connectivity index (χ0v) is 14.2. The van der Waals surface area contributed by atoms with Crippen LogP contribution in [-0.2, 0) is 13.0 Å². The van der Waals surface area contributed by atoms with E-state index in [0.717, 1.165) is 24.5 Å². The van der Waals surface area contributed by atoms with Gasteiger partial charge in [-0.2, -0.15) is 10.2 Å². The molecular weight excluding hydrogens is 292 g/mol. The van der Waals surface area contributed by atoms with Gasteiger partial charge in [0, 0.05) is 30.6 Å². The van der Waals surface area contributed by atoms with Gasteiger partial charge >= 0.3 is 0 Å². The highest BCUT2D eigenvalue weighted by Crippen LogP contribution is 2.17. The first-order valence-electron chi connectivity index (χ1n) is 8.22. The Hall–Kier alpha value is -2.18. The molecule has 1 aliphatic heterocycles. The molecule has 3 heterocycles. The van der Waals surface area contributed by atoms with Gasteiger partial charge in [0.1, 0.15) is 5.82 Å². The van der Waals surface area contributed by atoms with Crippen molar-refractivity contribution in [2.45, 2.75) is 65.1 Å². The van der Waals surface area contributed by atoms with Crippen LogP contribution in [0.15, 0.2) is 12.4 Å². The van der Waals surface area contributed by atoms with Crippen LogP contribution in [0.1, 0.15) is 68.1 Å². The fourth-order valence-electron chi connectivity index (χ4n) is 2.70. The van der Waals surface area contributed by atoms with Crippen LogP contribution in [-0.4, -0.2) is 36.5 Å². The van der Waals surface area contributed by atoms with Crippen molar-refractivity contribution in [3.8, 4) is 0 Å². The second-order valence-corrected chi connectivity index (χ2v) is 6.73. The van der Waals surface area contributed by atoms with Crippen LogP contribution in [0.4, 0.5) is 0 Å². The maximum Gasteiger partial charge on any atom is 0.254 e. The summed E-state index contributed by atoms with van der Waals surface area (Å²) < 4.78 is 3.72. The Bertz CT molecular complexity index is 699. The molecule has 0 radical (unpaired) electrons. The van der Waals surface area contributed by atoms with E-state index in [0.29, 0.717) is 18.0 Å². The number of hydrogen-bond acceptors (Lipinski definition) is 4. The predicted octanol–water partition coefficient (Wildman–Crippen LogP) is 1.92. The van der Waals surface area contributed by atoms with Crippen molar-refractivity contribution in [2.75, 3.05) is 0 Å². The summed E-state index contributed by atoms with van der Waals surface area (Å²) in [6, 6.07) is 0.331. The van der Waals surface area contributed by atoms with Crippen molar-refractivity contribution in [3.63, 3.8) is 0 Å². The molecule has 0 saturated carbocycles. The number of carbonyl (C=O) groups is 1. The zero-order chi connectivity index (χ0) is 16.6. The summed E-state index contributed by atoms with van der Waals surface area (Å²) in [7, 11) is 0. The summed E-state index contributed by atoms with van der Waals surface area (Å²) in [5.41, 5.74) is 0.603. The fourth-order valence-corrected chi connectivity index (χ4v) is 2.70. The number of hydrogen-bond donors (Lipinski definition) is 1. The molecule has 124 valence electrons. The van der Waals surface area contributed by atoms with E-state index in [1.54, 1.807) is 17.1 Å². The largest absolute Gasteiger partial charge is 0.347 e. The van der Waals surface area contributed by atoms with Crippen LogP contribution in [0.2, 0.25) is 0 Å². The van der Waals surface area contributed by atoms with Crippen LogP contribution in [0.25, 0.3) is 0 Å². The molecule has 1 amide bonds. The molecule has 0 bridgehead atoms. The van der Waals surface area contributed by atoms with Gasteiger partial charge in [0.05, 0.1) is 18.3 Å². The topological polar surface area (TPSA) is 77.6 Å². The van der Waals surface area contributed by atoms with Gasteiger partial charge in [-0.15, -0.1) is 0 Å². The third kappa shape index (κ3) is 3.28. The minimum absolute atomic E-state index is 0.0745. The number of carbonyl (C=O) groups excluding carboxylic acids is 1. The Balaban J connectivity index is 1.65. The zero-order valence-electron chi connectivity index (χ0n) is 14.2. The van der Waals surface area contributed by atoms with Crippen LogP contribution in [0.5, 0.6) is 0 Å². The summed E-state index contributed by atoms with van der Waals surface area (Å²) >= 11 is 0. The maximum absolute atomic E-state index is 12.4. The Morgan fingerprint density at radius 1 is 1.35 bits per heavy atom. The van der Waals surface area contributed by atoms with Gasteiger partial charge in [0.15, 0.2) is 5.82 Å². The Kier molecular flexibility index (Phi) is 4.19. The molecule has 2 aromatic heterocycles. The van der Waals surface area contributed by atoms with Gasteiger partial charge in [-0.1, -0.05) is 13.8 Å². The van der Waals surface area contributed by atoms with Crippen molar-refractivity contribution in [3.05, 3.63) is 29.6 Å². The van der Waals surface area contributed by atoms with Gasteiger partial charge in [0.25, 0.3) is 5.91 Å². The van der Waals surface area contributed by atoms with E-state index in [1.165, 1.54) is 0 Å². The molecule has 0 fully saturated rings. The van der Waals surface area contributed by atoms with Crippen molar-refractivity contribution >= 4 is 5.91 Å². The fraction of sp³-hybridized carbons (Fsp3) is 0.625. The molecule has 7 heteroatoms. The first-order chi connectivity index (χ1) is 10.9. The molecule has 0 saturated heterocycles. The van der Waals surface area contributed by atoms with Crippen molar-refractivity contribution < 1.29 is 4.79 Å². The molecule has 7 nitrogen and oxygen atoms in total. The molecule has 0 aromatic carbocycles. The van der Waals surface area contributed by atoms with Crippen LogP contribution in [0.3, 0.4) is 0 Å². The summed E-state index contributed by atoms with van der Waals surface area (Å²) in [4.78, 5) is 16.9. The molecule has 0 spiro atoms. The molecule has 1 aliphatic rings. The van der Waals surface area contributed by atoms with Gasteiger partial charge in [-0.3, -0.25) is 9.48 Å². The highest BCUT2D eigenvalue weighted by molar-refractivity contribution is 5.93. The molecular formula is C16H24N6O. The molecule has 2 aromatic rings. The second-order valence-electron chi connectivity index (χ2n) is 6.73. The monoisotopic (exact) mass is 316 g/mol. The van der Waals surface area contributed by atoms with Crippen molar-refractivity contribution in [2.24, 2.45) is 0 Å². The summed E-state index contributed by atoms with van der Waals surface area (Å²) in [5.74, 6) is 2.15. The van der Waals surface area contributed by atoms with Gasteiger partial charge in [-0.05, 0) is 20.3 Å². The lowest BCUT2D eigenvalue weighted by Gasteiger charge is -2.23. The second kappa shape index (κ2) is 6.14. The smallest absolute Gasteiger partial charge is 0.254 e. The quantitative estimate of drug-likeness (QED) is 0.935. The maximum atomic E-state index is 12.4. The van der Waals surface area contributed by atoms with E-state index < -0.39 is 0 Å². The third-order valence-electron chi connectivity index (χ3n) is 4.12. The average Bonchev–Trinajstić information content (AvgIpc) is 3.13. The Labute approximate surface area is 136 Å². The van der Waals surface area contributed by atoms with Crippen molar-refractivity contribution in [1.29, 1.82) is 0 Å². The predicted molar refractivity (Wildman–Crippen MR) is 86.3 cm³/mol. The first kappa shape index (κ1) is 15.7. The standard InChI is InChI=1S/C16H24N6O/c1-10(2)15-19-14-6-5-13(9-22(14)20-15)18-16(23)12-7-17-21(8-12)11(3)4/h7-8,10-11,13H,5-6,9H2,1-4H3,(H,18,23)/t13-/m0/s1. The van der Waals surface area contributed by atoms with E-state index in [9.17, 15) is 4.79 Å². The molecule has 1 N–H and O–H groups in total. The lowest BCUT2D eigenvalue weighted by molar-refractivity contribution is 0.0926. The van der Waals surface area contributed by atoms with E-state index >= 15 is 0 Å². The molecule has 0 aliphatic carbocycles. The van der Waals surface area contributed by atoms with Gasteiger partial charge in [0.2, 0.25) is 0 Å². The van der Waals surface area contributed by atoms with E-state index in [2.05, 4.69) is 34.3 Å². The van der Waals surface area contributed by atoms with Crippen LogP contribution < -0.4 is 5.32 Å². The molecule has 3 rings (SSSR count). The van der Waals surface area contributed by atoms with Gasteiger partial charge in [-0.25, -0.2) is 9.67 Å². The number of nitrogens with one attached hydrogen (secondary N) is 1. The number of aromatic nitrogens is 5. The number of aryl methyl sites for hydroxylation is 1. The van der Waals surface area contributed by atoms with E-state index in [-0.39, 0.29) is 18.0 Å². The third-order valence-corrected chi connectivity index (χ3v) is 4.12. The highest BCUT2D eigenvalue weighted by atomic mass is 16.1.